The Hall–Kier alpha value is -0.120. The van der Waals surface area contributed by atoms with Crippen LogP contribution in [0.5, 0.6) is 0 Å². The molecular formula is C24H53N3. The molecule has 0 aliphatic carbocycles. The molecule has 0 amide bonds. The van der Waals surface area contributed by atoms with Crippen molar-refractivity contribution in [3.8, 4) is 0 Å². The number of nitrogens with one attached hydrogen (secondary N) is 3. The minimum atomic E-state index is -0.0560. The summed E-state index contributed by atoms with van der Waals surface area (Å²) < 4.78 is 0. The van der Waals surface area contributed by atoms with Crippen LogP contribution in [0.1, 0.15) is 114 Å². The molecular weight excluding hydrogens is 330 g/mol. The van der Waals surface area contributed by atoms with Gasteiger partial charge in [-0.25, -0.2) is 0 Å². The van der Waals surface area contributed by atoms with Crippen LogP contribution >= 0.6 is 0 Å². The number of rotatable bonds is 16. The summed E-state index contributed by atoms with van der Waals surface area (Å²) in [6.45, 7) is 24.4. The van der Waals surface area contributed by atoms with Gasteiger partial charge in [-0.05, 0) is 71.3 Å². The van der Waals surface area contributed by atoms with Gasteiger partial charge in [-0.1, -0.05) is 61.3 Å². The molecule has 0 radical (unpaired) electrons. The second kappa shape index (κ2) is 13.2. The summed E-state index contributed by atoms with van der Waals surface area (Å²) in [4.78, 5) is 0. The van der Waals surface area contributed by atoms with Gasteiger partial charge in [0, 0.05) is 17.6 Å². The third kappa shape index (κ3) is 9.76. The highest BCUT2D eigenvalue weighted by atomic mass is 15.3. The maximum atomic E-state index is 4.06. The summed E-state index contributed by atoms with van der Waals surface area (Å²) >= 11 is 0. The highest BCUT2D eigenvalue weighted by molar-refractivity contribution is 5.00. The standard InChI is InChI=1S/C24H53N3/c1-11-17-23(9,10)27-22(13-3)24(14-4,25-18-15-16-19(5)6)26-21(8)20(7)12-2/h19-22,25-27H,11-18H2,1-10H3. The summed E-state index contributed by atoms with van der Waals surface area (Å²) in [5.74, 6) is 1.45. The number of hydrogen-bond donors (Lipinski definition) is 3. The van der Waals surface area contributed by atoms with Gasteiger partial charge >= 0.3 is 0 Å². The maximum Gasteiger partial charge on any atom is 0.0844 e. The van der Waals surface area contributed by atoms with Gasteiger partial charge in [0.1, 0.15) is 0 Å². The monoisotopic (exact) mass is 383 g/mol. The van der Waals surface area contributed by atoms with E-state index in [4.69, 9.17) is 0 Å². The van der Waals surface area contributed by atoms with Crippen molar-refractivity contribution in [1.29, 1.82) is 0 Å². The van der Waals surface area contributed by atoms with E-state index in [1.54, 1.807) is 0 Å². The van der Waals surface area contributed by atoms with E-state index in [-0.39, 0.29) is 11.2 Å². The van der Waals surface area contributed by atoms with Crippen LogP contribution in [0.4, 0.5) is 0 Å². The van der Waals surface area contributed by atoms with Gasteiger partial charge in [0.05, 0.1) is 5.66 Å². The molecule has 0 aromatic rings. The molecule has 0 aliphatic heterocycles. The van der Waals surface area contributed by atoms with Crippen molar-refractivity contribution in [1.82, 2.24) is 16.0 Å². The lowest BCUT2D eigenvalue weighted by Crippen LogP contribution is -2.71. The Kier molecular flexibility index (Phi) is 13.1. The zero-order valence-electron chi connectivity index (χ0n) is 20.5. The minimum absolute atomic E-state index is 0.0560. The van der Waals surface area contributed by atoms with Crippen molar-refractivity contribution in [2.24, 2.45) is 11.8 Å². The Labute approximate surface area is 172 Å². The molecule has 3 nitrogen and oxygen atoms in total. The van der Waals surface area contributed by atoms with E-state index in [0.29, 0.717) is 18.0 Å². The fourth-order valence-corrected chi connectivity index (χ4v) is 4.21. The van der Waals surface area contributed by atoms with Gasteiger partial charge < -0.3 is 5.32 Å². The lowest BCUT2D eigenvalue weighted by Gasteiger charge is -2.48. The van der Waals surface area contributed by atoms with E-state index in [9.17, 15) is 0 Å². The van der Waals surface area contributed by atoms with Crippen LogP contribution in [-0.2, 0) is 0 Å². The molecule has 0 saturated carbocycles. The molecule has 3 N–H and O–H groups in total. The Morgan fingerprint density at radius 2 is 1.48 bits per heavy atom. The number of hydrogen-bond acceptors (Lipinski definition) is 3. The van der Waals surface area contributed by atoms with Crippen molar-refractivity contribution in [3.63, 3.8) is 0 Å². The van der Waals surface area contributed by atoms with Gasteiger partial charge in [-0.3, -0.25) is 10.6 Å². The molecule has 164 valence electrons. The highest BCUT2D eigenvalue weighted by Gasteiger charge is 2.39. The molecule has 27 heavy (non-hydrogen) atoms. The molecule has 4 unspecified atom stereocenters. The van der Waals surface area contributed by atoms with Crippen LogP contribution in [0.25, 0.3) is 0 Å². The molecule has 0 aromatic carbocycles. The third-order valence-corrected chi connectivity index (χ3v) is 6.38. The summed E-state index contributed by atoms with van der Waals surface area (Å²) in [5, 5.41) is 12.1. The quantitative estimate of drug-likeness (QED) is 0.223. The first kappa shape index (κ1) is 26.9. The Balaban J connectivity index is 5.46. The molecule has 0 spiro atoms. The van der Waals surface area contributed by atoms with Crippen LogP contribution in [0.15, 0.2) is 0 Å². The molecule has 0 aliphatic rings. The van der Waals surface area contributed by atoms with E-state index in [1.165, 1.54) is 32.1 Å². The molecule has 0 bridgehead atoms. The van der Waals surface area contributed by atoms with Gasteiger partial charge in [-0.2, -0.15) is 0 Å². The normalized spacial score (nSPS) is 18.3. The lowest BCUT2D eigenvalue weighted by molar-refractivity contribution is 0.114. The second-order valence-electron chi connectivity index (χ2n) is 9.85. The zero-order chi connectivity index (χ0) is 21.1. The van der Waals surface area contributed by atoms with Gasteiger partial charge in [-0.15, -0.1) is 0 Å². The lowest BCUT2D eigenvalue weighted by atomic mass is 9.87. The van der Waals surface area contributed by atoms with Gasteiger partial charge in [0.15, 0.2) is 0 Å². The van der Waals surface area contributed by atoms with Crippen LogP contribution in [-0.4, -0.2) is 29.8 Å². The van der Waals surface area contributed by atoms with Crippen molar-refractivity contribution in [3.05, 3.63) is 0 Å². The van der Waals surface area contributed by atoms with Gasteiger partial charge in [0.2, 0.25) is 0 Å². The van der Waals surface area contributed by atoms with Crippen molar-refractivity contribution < 1.29 is 0 Å². The first-order valence-corrected chi connectivity index (χ1v) is 11.9. The predicted molar refractivity (Wildman–Crippen MR) is 123 cm³/mol. The Morgan fingerprint density at radius 1 is 0.852 bits per heavy atom. The highest BCUT2D eigenvalue weighted by Crippen LogP contribution is 2.23. The summed E-state index contributed by atoms with van der Waals surface area (Å²) in [5.41, 5.74) is 0.107. The van der Waals surface area contributed by atoms with E-state index < -0.39 is 0 Å². The summed E-state index contributed by atoms with van der Waals surface area (Å²) in [7, 11) is 0. The summed E-state index contributed by atoms with van der Waals surface area (Å²) in [6, 6.07) is 0.910. The van der Waals surface area contributed by atoms with Crippen LogP contribution in [0, 0.1) is 11.8 Å². The molecule has 0 saturated heterocycles. The molecule has 0 rings (SSSR count). The van der Waals surface area contributed by atoms with E-state index in [2.05, 4.69) is 85.2 Å². The summed E-state index contributed by atoms with van der Waals surface area (Å²) in [6.07, 6.45) is 8.38. The SMILES string of the molecule is CCCC(C)(C)NC(CC)C(CC)(NCCCC(C)C)NC(C)C(C)CC. The van der Waals surface area contributed by atoms with Gasteiger partial charge in [0.25, 0.3) is 0 Å². The van der Waals surface area contributed by atoms with Crippen molar-refractivity contribution >= 4 is 0 Å². The van der Waals surface area contributed by atoms with E-state index in [0.717, 1.165) is 25.3 Å². The average molecular weight is 384 g/mol. The van der Waals surface area contributed by atoms with E-state index >= 15 is 0 Å². The zero-order valence-corrected chi connectivity index (χ0v) is 20.5. The van der Waals surface area contributed by atoms with Crippen LogP contribution in [0.3, 0.4) is 0 Å². The molecule has 3 heteroatoms. The van der Waals surface area contributed by atoms with Crippen LogP contribution < -0.4 is 16.0 Å². The molecule has 0 heterocycles. The smallest absolute Gasteiger partial charge is 0.0844 e. The fourth-order valence-electron chi connectivity index (χ4n) is 4.21. The van der Waals surface area contributed by atoms with Crippen molar-refractivity contribution in [2.75, 3.05) is 6.54 Å². The largest absolute Gasteiger partial charge is 0.306 e. The molecule has 0 aromatic heterocycles. The Morgan fingerprint density at radius 3 is 1.93 bits per heavy atom. The topological polar surface area (TPSA) is 36.1 Å². The van der Waals surface area contributed by atoms with Crippen molar-refractivity contribution in [2.45, 2.75) is 137 Å². The Bertz CT molecular complexity index is 367. The van der Waals surface area contributed by atoms with Crippen LogP contribution in [0.2, 0.25) is 0 Å². The minimum Gasteiger partial charge on any atom is -0.306 e. The maximum absolute atomic E-state index is 4.06. The third-order valence-electron chi connectivity index (χ3n) is 6.38. The first-order chi connectivity index (χ1) is 12.6. The fraction of sp³-hybridized carbons (Fsp3) is 1.00. The predicted octanol–water partition coefficient (Wildman–Crippen LogP) is 6.09. The first-order valence-electron chi connectivity index (χ1n) is 11.9. The molecule has 4 atom stereocenters. The van der Waals surface area contributed by atoms with E-state index in [1.807, 2.05) is 0 Å². The second-order valence-corrected chi connectivity index (χ2v) is 9.85. The molecule has 0 fully saturated rings. The average Bonchev–Trinajstić information content (AvgIpc) is 2.61.